The molecule has 1 aliphatic rings. The minimum absolute atomic E-state index is 0.00734. The van der Waals surface area contributed by atoms with E-state index < -0.39 is 29.7 Å². The summed E-state index contributed by atoms with van der Waals surface area (Å²) in [4.78, 5) is 23.3. The molecule has 1 aromatic carbocycles. The Kier molecular flexibility index (Phi) is 4.47. The van der Waals surface area contributed by atoms with Crippen LogP contribution in [0.3, 0.4) is 0 Å². The van der Waals surface area contributed by atoms with Crippen LogP contribution in [0.25, 0.3) is 5.69 Å². The van der Waals surface area contributed by atoms with Gasteiger partial charge in [0.15, 0.2) is 0 Å². The van der Waals surface area contributed by atoms with E-state index in [-0.39, 0.29) is 17.2 Å². The van der Waals surface area contributed by atoms with Crippen LogP contribution in [0.2, 0.25) is 0 Å². The number of aliphatic carboxylic acids is 1. The predicted octanol–water partition coefficient (Wildman–Crippen LogP) is 2.97. The van der Waals surface area contributed by atoms with Gasteiger partial charge in [-0.25, -0.2) is 4.68 Å². The molecule has 6 nitrogen and oxygen atoms in total. The van der Waals surface area contributed by atoms with Crippen LogP contribution in [0.1, 0.15) is 47.3 Å². The second-order valence-corrected chi connectivity index (χ2v) is 6.21. The van der Waals surface area contributed by atoms with Gasteiger partial charge in [-0.15, -0.1) is 0 Å². The molecule has 2 N–H and O–H groups in total. The largest absolute Gasteiger partial charge is 0.480 e. The molecule has 0 bridgehead atoms. The molecule has 2 aromatic rings. The van der Waals surface area contributed by atoms with Gasteiger partial charge in [0, 0.05) is 5.92 Å². The Morgan fingerprint density at radius 1 is 1.35 bits per heavy atom. The molecule has 0 radical (unpaired) electrons. The fourth-order valence-corrected chi connectivity index (χ4v) is 2.64. The van der Waals surface area contributed by atoms with Crippen LogP contribution in [0.15, 0.2) is 30.5 Å². The van der Waals surface area contributed by atoms with Gasteiger partial charge < -0.3 is 10.4 Å². The summed E-state index contributed by atoms with van der Waals surface area (Å²) in [6.45, 7) is 1.33. The maximum atomic E-state index is 13.0. The number of hydrogen-bond donors (Lipinski definition) is 2. The summed E-state index contributed by atoms with van der Waals surface area (Å²) in [7, 11) is 0. The Morgan fingerprint density at radius 3 is 2.62 bits per heavy atom. The molecule has 1 amide bonds. The van der Waals surface area contributed by atoms with E-state index in [0.717, 1.165) is 25.0 Å². The fourth-order valence-electron chi connectivity index (χ4n) is 2.64. The zero-order chi connectivity index (χ0) is 19.1. The Morgan fingerprint density at radius 2 is 2.04 bits per heavy atom. The topological polar surface area (TPSA) is 84.2 Å². The molecule has 0 aliphatic heterocycles. The number of carbonyl (C=O) groups excluding carboxylic acids is 1. The molecule has 26 heavy (non-hydrogen) atoms. The molecule has 0 saturated heterocycles. The molecule has 1 fully saturated rings. The van der Waals surface area contributed by atoms with Crippen LogP contribution in [0.5, 0.6) is 0 Å². The molecule has 0 spiro atoms. The third-order valence-corrected chi connectivity index (χ3v) is 4.15. The number of carboxylic acid groups (broad SMARTS) is 1. The predicted molar refractivity (Wildman–Crippen MR) is 85.1 cm³/mol. The number of carboxylic acids is 1. The van der Waals surface area contributed by atoms with Gasteiger partial charge in [0.2, 0.25) is 0 Å². The van der Waals surface area contributed by atoms with Crippen LogP contribution in [0.4, 0.5) is 13.2 Å². The van der Waals surface area contributed by atoms with Crippen molar-refractivity contribution >= 4 is 11.9 Å². The molecule has 1 aromatic heterocycles. The number of nitrogens with one attached hydrogen (secondary N) is 1. The molecule has 1 saturated carbocycles. The standard InChI is InChI=1S/C17H16F3N3O3/c1-9(16(25)26)22-15(24)13-8-21-23(14(13)10-5-6-10)12-4-2-3-11(7-12)17(18,19)20/h2-4,7-10H,5-6H2,1H3,(H,22,24)(H,25,26)/t9-/m0/s1. The maximum absolute atomic E-state index is 13.0. The van der Waals surface area contributed by atoms with Crippen LogP contribution in [-0.4, -0.2) is 32.8 Å². The van der Waals surface area contributed by atoms with Crippen molar-refractivity contribution in [3.63, 3.8) is 0 Å². The first-order valence-corrected chi connectivity index (χ1v) is 7.97. The average Bonchev–Trinajstić information content (AvgIpc) is 3.31. The van der Waals surface area contributed by atoms with E-state index in [4.69, 9.17) is 5.11 Å². The van der Waals surface area contributed by atoms with E-state index in [2.05, 4.69) is 10.4 Å². The zero-order valence-electron chi connectivity index (χ0n) is 13.7. The molecule has 9 heteroatoms. The minimum Gasteiger partial charge on any atom is -0.480 e. The van der Waals surface area contributed by atoms with Crippen LogP contribution < -0.4 is 5.32 Å². The monoisotopic (exact) mass is 367 g/mol. The van der Waals surface area contributed by atoms with Crippen molar-refractivity contribution in [2.24, 2.45) is 0 Å². The van der Waals surface area contributed by atoms with Crippen LogP contribution in [-0.2, 0) is 11.0 Å². The van der Waals surface area contributed by atoms with E-state index in [1.54, 1.807) is 0 Å². The average molecular weight is 367 g/mol. The first-order valence-electron chi connectivity index (χ1n) is 7.97. The van der Waals surface area contributed by atoms with Crippen molar-refractivity contribution in [2.75, 3.05) is 0 Å². The molecule has 1 heterocycles. The van der Waals surface area contributed by atoms with Gasteiger partial charge >= 0.3 is 12.1 Å². The van der Waals surface area contributed by atoms with E-state index in [1.165, 1.54) is 29.9 Å². The molecular formula is C17H16F3N3O3. The smallest absolute Gasteiger partial charge is 0.416 e. The molecule has 3 rings (SSSR count). The molecule has 1 aliphatic carbocycles. The first kappa shape index (κ1) is 18.0. The number of aromatic nitrogens is 2. The van der Waals surface area contributed by atoms with Crippen LogP contribution in [0, 0.1) is 0 Å². The number of halogens is 3. The van der Waals surface area contributed by atoms with Crippen molar-refractivity contribution < 1.29 is 27.9 Å². The third kappa shape index (κ3) is 3.56. The summed E-state index contributed by atoms with van der Waals surface area (Å²) in [5.74, 6) is -1.79. The SMILES string of the molecule is C[C@H](NC(=O)c1cnn(-c2cccc(C(F)(F)F)c2)c1C1CC1)C(=O)O. The lowest BCUT2D eigenvalue weighted by atomic mass is 10.1. The van der Waals surface area contributed by atoms with E-state index in [0.29, 0.717) is 5.69 Å². The summed E-state index contributed by atoms with van der Waals surface area (Å²) in [5, 5.41) is 15.3. The summed E-state index contributed by atoms with van der Waals surface area (Å²) in [6, 6.07) is 3.61. The first-order chi connectivity index (χ1) is 12.2. The second kappa shape index (κ2) is 6.47. The molecule has 0 unspecified atom stereocenters. The third-order valence-electron chi connectivity index (χ3n) is 4.15. The normalized spacial score (nSPS) is 15.5. The number of benzene rings is 1. The fraction of sp³-hybridized carbons (Fsp3) is 0.353. The number of carbonyl (C=O) groups is 2. The van der Waals surface area contributed by atoms with Crippen LogP contribution >= 0.6 is 0 Å². The Labute approximate surface area is 146 Å². The summed E-state index contributed by atoms with van der Waals surface area (Å²) in [5.41, 5.74) is 0.0715. The quantitative estimate of drug-likeness (QED) is 0.851. The van der Waals surface area contributed by atoms with E-state index in [1.807, 2.05) is 0 Å². The van der Waals surface area contributed by atoms with Crippen molar-refractivity contribution in [1.29, 1.82) is 0 Å². The molecular weight excluding hydrogens is 351 g/mol. The lowest BCUT2D eigenvalue weighted by molar-refractivity contribution is -0.139. The summed E-state index contributed by atoms with van der Waals surface area (Å²) >= 11 is 0. The van der Waals surface area contributed by atoms with Gasteiger partial charge in [-0.1, -0.05) is 6.07 Å². The highest BCUT2D eigenvalue weighted by Crippen LogP contribution is 2.42. The van der Waals surface area contributed by atoms with Crippen molar-refractivity contribution in [3.05, 3.63) is 47.3 Å². The number of nitrogens with zero attached hydrogens (tertiary/aromatic N) is 2. The number of hydrogen-bond acceptors (Lipinski definition) is 3. The van der Waals surface area contributed by atoms with Gasteiger partial charge in [-0.3, -0.25) is 9.59 Å². The molecule has 1 atom stereocenters. The maximum Gasteiger partial charge on any atom is 0.416 e. The zero-order valence-corrected chi connectivity index (χ0v) is 13.7. The Hall–Kier alpha value is -2.84. The lowest BCUT2D eigenvalue weighted by Crippen LogP contribution is -2.38. The van der Waals surface area contributed by atoms with Gasteiger partial charge in [0.25, 0.3) is 5.91 Å². The minimum atomic E-state index is -4.49. The Bertz CT molecular complexity index is 856. The van der Waals surface area contributed by atoms with Gasteiger partial charge in [-0.2, -0.15) is 18.3 Å². The van der Waals surface area contributed by atoms with Gasteiger partial charge in [0.05, 0.1) is 28.7 Å². The van der Waals surface area contributed by atoms with Crippen molar-refractivity contribution in [1.82, 2.24) is 15.1 Å². The van der Waals surface area contributed by atoms with E-state index >= 15 is 0 Å². The number of rotatable bonds is 5. The van der Waals surface area contributed by atoms with E-state index in [9.17, 15) is 22.8 Å². The second-order valence-electron chi connectivity index (χ2n) is 6.21. The number of alkyl halides is 3. The highest BCUT2D eigenvalue weighted by Gasteiger charge is 2.35. The summed E-state index contributed by atoms with van der Waals surface area (Å²) in [6.07, 6.45) is -1.64. The van der Waals surface area contributed by atoms with Gasteiger partial charge in [0.1, 0.15) is 6.04 Å². The Balaban J connectivity index is 1.99. The van der Waals surface area contributed by atoms with Crippen molar-refractivity contribution in [2.45, 2.75) is 37.9 Å². The highest BCUT2D eigenvalue weighted by molar-refractivity contribution is 5.97. The van der Waals surface area contributed by atoms with Crippen molar-refractivity contribution in [3.8, 4) is 5.69 Å². The summed E-state index contributed by atoms with van der Waals surface area (Å²) < 4.78 is 40.2. The highest BCUT2D eigenvalue weighted by atomic mass is 19.4. The lowest BCUT2D eigenvalue weighted by Gasteiger charge is -2.13. The number of amides is 1. The molecule has 138 valence electrons. The van der Waals surface area contributed by atoms with Gasteiger partial charge in [-0.05, 0) is 38.0 Å².